The molecule has 0 aliphatic carbocycles. The topological polar surface area (TPSA) is 145 Å². The standard InChI is InChI=1S/C16H33NO4.Na.H2O4S.H/c1-2-3-4-5-6-7-8-9-10-11-16(20)21-17(12-14-18)13-15-19;;1-5(2,3)4;/h18-19H,2-15H2,1H3;;(H2,1,2,3,4);. The maximum atomic E-state index is 11.6. The van der Waals surface area contributed by atoms with Crippen LogP contribution in [0.1, 0.15) is 71.1 Å². The van der Waals surface area contributed by atoms with Crippen LogP contribution in [0.5, 0.6) is 0 Å². The number of unbranched alkanes of at least 4 members (excludes halogenated alkanes) is 8. The molecule has 0 aromatic heterocycles. The number of hydroxylamine groups is 2. The summed E-state index contributed by atoms with van der Waals surface area (Å²) >= 11 is 0. The Balaban J connectivity index is -0.000000844. The zero-order valence-electron chi connectivity index (χ0n) is 15.7. The Labute approximate surface area is 185 Å². The van der Waals surface area contributed by atoms with Crippen molar-refractivity contribution in [2.45, 2.75) is 71.1 Å². The van der Waals surface area contributed by atoms with E-state index in [1.165, 1.54) is 50.0 Å². The van der Waals surface area contributed by atoms with Crippen LogP contribution in [0.4, 0.5) is 0 Å². The van der Waals surface area contributed by atoms with Crippen LogP contribution >= 0.6 is 0 Å². The number of nitrogens with zero attached hydrogens (tertiary/aromatic N) is 1. The average Bonchev–Trinajstić information content (AvgIpc) is 2.52. The summed E-state index contributed by atoms with van der Waals surface area (Å²) in [6.45, 7) is 2.52. The number of aliphatic hydroxyl groups is 2. The van der Waals surface area contributed by atoms with Crippen LogP contribution in [-0.2, 0) is 20.0 Å². The molecule has 0 aromatic rings. The van der Waals surface area contributed by atoms with Gasteiger partial charge in [0.2, 0.25) is 0 Å². The summed E-state index contributed by atoms with van der Waals surface area (Å²) in [5, 5.41) is 18.9. The van der Waals surface area contributed by atoms with Crippen molar-refractivity contribution in [1.82, 2.24) is 5.06 Å². The second kappa shape index (κ2) is 22.5. The fraction of sp³-hybridized carbons (Fsp3) is 0.938. The number of aliphatic hydroxyl groups excluding tert-OH is 2. The SMILES string of the molecule is CCCCCCCCCCCC(=O)ON(CCO)CCO.O=S(=O)(O)O.[NaH]. The molecule has 0 saturated carbocycles. The molecular formula is C16H36NNaO8S. The molecule has 0 heterocycles. The van der Waals surface area contributed by atoms with E-state index >= 15 is 0 Å². The fourth-order valence-corrected chi connectivity index (χ4v) is 2.20. The number of hydrogen-bond acceptors (Lipinski definition) is 7. The summed E-state index contributed by atoms with van der Waals surface area (Å²) in [6.07, 6.45) is 11.3. The van der Waals surface area contributed by atoms with Crippen molar-refractivity contribution >= 4 is 45.9 Å². The molecule has 0 spiro atoms. The van der Waals surface area contributed by atoms with Crippen molar-refractivity contribution in [2.75, 3.05) is 26.3 Å². The van der Waals surface area contributed by atoms with E-state index in [2.05, 4.69) is 6.92 Å². The molecule has 0 aliphatic rings. The van der Waals surface area contributed by atoms with Gasteiger partial charge in [0, 0.05) is 6.42 Å². The van der Waals surface area contributed by atoms with Gasteiger partial charge in [-0.2, -0.15) is 8.42 Å². The van der Waals surface area contributed by atoms with Crippen molar-refractivity contribution in [1.29, 1.82) is 0 Å². The van der Waals surface area contributed by atoms with Crippen LogP contribution in [0.3, 0.4) is 0 Å². The molecule has 11 heteroatoms. The zero-order chi connectivity index (χ0) is 20.3. The Bertz CT molecular complexity index is 409. The van der Waals surface area contributed by atoms with E-state index in [0.29, 0.717) is 6.42 Å². The van der Waals surface area contributed by atoms with Gasteiger partial charge in [-0.05, 0) is 6.42 Å². The number of carbonyl (C=O) groups is 1. The fourth-order valence-electron chi connectivity index (χ4n) is 2.20. The molecule has 0 radical (unpaired) electrons. The van der Waals surface area contributed by atoms with Crippen LogP contribution < -0.4 is 0 Å². The minimum atomic E-state index is -4.67. The summed E-state index contributed by atoms with van der Waals surface area (Å²) in [4.78, 5) is 16.7. The van der Waals surface area contributed by atoms with Crippen molar-refractivity contribution in [3.8, 4) is 0 Å². The van der Waals surface area contributed by atoms with Gasteiger partial charge in [-0.1, -0.05) is 58.3 Å². The van der Waals surface area contributed by atoms with E-state index < -0.39 is 10.4 Å². The van der Waals surface area contributed by atoms with Gasteiger partial charge in [0.15, 0.2) is 0 Å². The summed E-state index contributed by atoms with van der Waals surface area (Å²) in [7, 11) is -4.67. The molecule has 0 rings (SSSR count). The third-order valence-corrected chi connectivity index (χ3v) is 3.41. The molecule has 0 bridgehead atoms. The molecule has 0 saturated heterocycles. The monoisotopic (exact) mass is 425 g/mol. The number of hydrogen-bond donors (Lipinski definition) is 4. The van der Waals surface area contributed by atoms with E-state index in [1.54, 1.807) is 0 Å². The average molecular weight is 426 g/mol. The van der Waals surface area contributed by atoms with Gasteiger partial charge in [-0.25, -0.2) is 0 Å². The van der Waals surface area contributed by atoms with Crippen molar-refractivity contribution in [3.63, 3.8) is 0 Å². The Morgan fingerprint density at radius 2 is 1.22 bits per heavy atom. The third kappa shape index (κ3) is 34.2. The van der Waals surface area contributed by atoms with Gasteiger partial charge >= 0.3 is 45.9 Å². The number of rotatable bonds is 15. The van der Waals surface area contributed by atoms with Crippen molar-refractivity contribution < 1.29 is 37.4 Å². The van der Waals surface area contributed by atoms with Gasteiger partial charge in [0.05, 0.1) is 26.3 Å². The molecule has 27 heavy (non-hydrogen) atoms. The van der Waals surface area contributed by atoms with E-state index in [1.807, 2.05) is 0 Å². The Hall–Kier alpha value is 0.220. The molecule has 0 fully saturated rings. The molecule has 0 atom stereocenters. The number of carbonyl (C=O) groups excluding carboxylic acids is 1. The van der Waals surface area contributed by atoms with Crippen molar-refractivity contribution in [3.05, 3.63) is 0 Å². The maximum absolute atomic E-state index is 11.6. The van der Waals surface area contributed by atoms with Crippen LogP contribution in [0.15, 0.2) is 0 Å². The molecule has 160 valence electrons. The van der Waals surface area contributed by atoms with Crippen LogP contribution in [0.25, 0.3) is 0 Å². The summed E-state index contributed by atoms with van der Waals surface area (Å²) in [5.74, 6) is -0.278. The molecule has 4 N–H and O–H groups in total. The quantitative estimate of drug-likeness (QED) is 0.132. The minimum absolute atomic E-state index is 0. The molecule has 0 amide bonds. The van der Waals surface area contributed by atoms with Crippen LogP contribution in [-0.4, -0.2) is 94.6 Å². The van der Waals surface area contributed by atoms with Gasteiger partial charge in [0.25, 0.3) is 0 Å². The van der Waals surface area contributed by atoms with E-state index in [-0.39, 0.29) is 61.8 Å². The van der Waals surface area contributed by atoms with Crippen molar-refractivity contribution in [2.24, 2.45) is 0 Å². The van der Waals surface area contributed by atoms with Crippen LogP contribution in [0, 0.1) is 0 Å². The first-order valence-electron chi connectivity index (χ1n) is 9.11. The second-order valence-corrected chi connectivity index (χ2v) is 6.76. The molecule has 0 unspecified atom stereocenters. The zero-order valence-corrected chi connectivity index (χ0v) is 16.5. The Kier molecular flexibility index (Phi) is 26.6. The molecular weight excluding hydrogens is 389 g/mol. The first kappa shape index (κ1) is 31.9. The summed E-state index contributed by atoms with van der Waals surface area (Å²) in [5.41, 5.74) is 0. The Morgan fingerprint density at radius 1 is 0.852 bits per heavy atom. The van der Waals surface area contributed by atoms with Gasteiger partial charge in [-0.3, -0.25) is 13.9 Å². The summed E-state index contributed by atoms with van der Waals surface area (Å²) in [6, 6.07) is 0. The van der Waals surface area contributed by atoms with Gasteiger partial charge in [-0.15, -0.1) is 5.06 Å². The molecule has 0 aliphatic heterocycles. The Morgan fingerprint density at radius 3 is 1.59 bits per heavy atom. The van der Waals surface area contributed by atoms with E-state index in [4.69, 9.17) is 32.6 Å². The normalized spacial score (nSPS) is 10.7. The van der Waals surface area contributed by atoms with Gasteiger partial charge in [0.1, 0.15) is 0 Å². The third-order valence-electron chi connectivity index (χ3n) is 3.41. The van der Waals surface area contributed by atoms with Gasteiger partial charge < -0.3 is 15.1 Å². The predicted octanol–water partition coefficient (Wildman–Crippen LogP) is 1.35. The summed E-state index contributed by atoms with van der Waals surface area (Å²) < 4.78 is 31.6. The first-order chi connectivity index (χ1) is 12.2. The van der Waals surface area contributed by atoms with E-state index in [0.717, 1.165) is 12.8 Å². The van der Waals surface area contributed by atoms with Crippen LogP contribution in [0.2, 0.25) is 0 Å². The first-order valence-corrected chi connectivity index (χ1v) is 10.5. The second-order valence-electron chi connectivity index (χ2n) is 5.87. The molecule has 0 aromatic carbocycles. The van der Waals surface area contributed by atoms with E-state index in [9.17, 15) is 4.79 Å². The predicted molar refractivity (Wildman–Crippen MR) is 105 cm³/mol. The molecule has 9 nitrogen and oxygen atoms in total.